The minimum Gasteiger partial charge on any atom is -0.317 e. The summed E-state index contributed by atoms with van der Waals surface area (Å²) in [5.74, 6) is 0. The van der Waals surface area contributed by atoms with Crippen LogP contribution in [-0.4, -0.2) is 13.1 Å². The SMILES string of the molecule is CC.CCCC.CCCNCCC.c1ccccc1. The summed E-state index contributed by atoms with van der Waals surface area (Å²) in [5, 5.41) is 3.28. The second-order valence-electron chi connectivity index (χ2n) is 3.90. The zero-order valence-electron chi connectivity index (χ0n) is 14.2. The van der Waals surface area contributed by atoms with Crippen LogP contribution >= 0.6 is 0 Å². The largest absolute Gasteiger partial charge is 0.317 e. The van der Waals surface area contributed by atoms with Crippen molar-refractivity contribution in [2.24, 2.45) is 0 Å². The molecule has 0 unspecified atom stereocenters. The Kier molecular flexibility index (Phi) is 37.2. The van der Waals surface area contributed by atoms with Crippen molar-refractivity contribution < 1.29 is 0 Å². The van der Waals surface area contributed by atoms with Crippen LogP contribution in [0.2, 0.25) is 0 Å². The molecule has 1 nitrogen and oxygen atoms in total. The maximum absolute atomic E-state index is 3.28. The van der Waals surface area contributed by atoms with Crippen molar-refractivity contribution in [3.05, 3.63) is 36.4 Å². The van der Waals surface area contributed by atoms with E-state index in [1.807, 2.05) is 50.2 Å². The molecule has 1 N–H and O–H groups in total. The molecule has 0 saturated heterocycles. The Morgan fingerprint density at radius 2 is 0.789 bits per heavy atom. The monoisotopic (exact) mass is 267 g/mol. The van der Waals surface area contributed by atoms with E-state index in [4.69, 9.17) is 0 Å². The van der Waals surface area contributed by atoms with Crippen LogP contribution in [-0.2, 0) is 0 Å². The van der Waals surface area contributed by atoms with E-state index in [0.29, 0.717) is 0 Å². The molecule has 0 bridgehead atoms. The lowest BCUT2D eigenvalue weighted by Crippen LogP contribution is -2.14. The molecule has 0 radical (unpaired) electrons. The molecule has 0 heterocycles. The predicted octanol–water partition coefficient (Wildman–Crippen LogP) is 5.92. The molecular weight excluding hydrogens is 230 g/mol. The molecule has 0 atom stereocenters. The van der Waals surface area contributed by atoms with Gasteiger partial charge in [-0.25, -0.2) is 0 Å². The first kappa shape index (κ1) is 23.3. The van der Waals surface area contributed by atoms with Gasteiger partial charge in [0, 0.05) is 0 Å². The third-order valence-electron chi connectivity index (χ3n) is 2.02. The smallest absolute Gasteiger partial charge is 0.00516 e. The molecule has 0 aromatic heterocycles. The molecule has 0 aliphatic heterocycles. The highest BCUT2D eigenvalue weighted by Gasteiger charge is 1.76. The van der Waals surface area contributed by atoms with E-state index in [9.17, 15) is 0 Å². The number of unbranched alkanes of at least 4 members (excludes halogenated alkanes) is 1. The van der Waals surface area contributed by atoms with Gasteiger partial charge < -0.3 is 5.32 Å². The lowest BCUT2D eigenvalue weighted by atomic mass is 10.4. The summed E-state index contributed by atoms with van der Waals surface area (Å²) >= 11 is 0. The van der Waals surface area contributed by atoms with Gasteiger partial charge in [-0.2, -0.15) is 0 Å². The Labute approximate surface area is 122 Å². The Morgan fingerprint density at radius 3 is 0.947 bits per heavy atom. The molecule has 0 aliphatic carbocycles. The van der Waals surface area contributed by atoms with Gasteiger partial charge in [0.1, 0.15) is 0 Å². The first-order valence-corrected chi connectivity index (χ1v) is 8.04. The molecule has 1 aromatic rings. The molecule has 0 amide bonds. The zero-order valence-corrected chi connectivity index (χ0v) is 14.2. The van der Waals surface area contributed by atoms with Crippen molar-refractivity contribution in [1.29, 1.82) is 0 Å². The molecule has 0 saturated carbocycles. The fraction of sp³-hybridized carbons (Fsp3) is 0.667. The quantitative estimate of drug-likeness (QED) is 0.653. The summed E-state index contributed by atoms with van der Waals surface area (Å²) in [6.07, 6.45) is 5.14. The highest BCUT2D eigenvalue weighted by molar-refractivity contribution is 4.99. The van der Waals surface area contributed by atoms with Gasteiger partial charge >= 0.3 is 0 Å². The number of rotatable bonds is 5. The maximum atomic E-state index is 3.28. The van der Waals surface area contributed by atoms with Crippen molar-refractivity contribution in [2.75, 3.05) is 13.1 Å². The Bertz CT molecular complexity index is 151. The van der Waals surface area contributed by atoms with Gasteiger partial charge in [-0.15, -0.1) is 0 Å². The second kappa shape index (κ2) is 30.3. The summed E-state index contributed by atoms with van der Waals surface area (Å²) in [6.45, 7) is 15.1. The Hall–Kier alpha value is -0.820. The summed E-state index contributed by atoms with van der Waals surface area (Å²) in [4.78, 5) is 0. The number of benzene rings is 1. The molecule has 1 heteroatoms. The summed E-state index contributed by atoms with van der Waals surface area (Å²) in [7, 11) is 0. The van der Waals surface area contributed by atoms with Crippen LogP contribution in [0.4, 0.5) is 0 Å². The van der Waals surface area contributed by atoms with E-state index in [-0.39, 0.29) is 0 Å². The van der Waals surface area contributed by atoms with Crippen LogP contribution < -0.4 is 5.32 Å². The van der Waals surface area contributed by atoms with Crippen LogP contribution in [0.1, 0.15) is 67.2 Å². The highest BCUT2D eigenvalue weighted by Crippen LogP contribution is 1.80. The Balaban J connectivity index is -0.000000195. The molecule has 114 valence electrons. The van der Waals surface area contributed by atoms with Crippen LogP contribution in [0, 0.1) is 0 Å². The summed E-state index contributed by atoms with van der Waals surface area (Å²) < 4.78 is 0. The first-order chi connectivity index (χ1) is 9.33. The third-order valence-corrected chi connectivity index (χ3v) is 2.02. The normalized spacial score (nSPS) is 7.89. The number of hydrogen-bond donors (Lipinski definition) is 1. The summed E-state index contributed by atoms with van der Waals surface area (Å²) in [5.41, 5.74) is 0. The van der Waals surface area contributed by atoms with Gasteiger partial charge in [-0.3, -0.25) is 0 Å². The van der Waals surface area contributed by atoms with Crippen molar-refractivity contribution in [1.82, 2.24) is 5.32 Å². The highest BCUT2D eigenvalue weighted by atomic mass is 14.8. The van der Waals surface area contributed by atoms with E-state index >= 15 is 0 Å². The van der Waals surface area contributed by atoms with Gasteiger partial charge in [0.15, 0.2) is 0 Å². The van der Waals surface area contributed by atoms with Crippen molar-refractivity contribution in [3.8, 4) is 0 Å². The fourth-order valence-electron chi connectivity index (χ4n) is 0.863. The molecule has 1 aromatic carbocycles. The first-order valence-electron chi connectivity index (χ1n) is 8.04. The second-order valence-corrected chi connectivity index (χ2v) is 3.90. The average molecular weight is 268 g/mol. The van der Waals surface area contributed by atoms with Crippen molar-refractivity contribution in [3.63, 3.8) is 0 Å². The van der Waals surface area contributed by atoms with Crippen LogP contribution in [0.3, 0.4) is 0 Å². The molecule has 0 fully saturated rings. The van der Waals surface area contributed by atoms with E-state index in [1.165, 1.54) is 38.8 Å². The summed E-state index contributed by atoms with van der Waals surface area (Å²) in [6, 6.07) is 12.0. The van der Waals surface area contributed by atoms with E-state index in [0.717, 1.165) is 0 Å². The molecule has 0 spiro atoms. The molecular formula is C18H37N. The van der Waals surface area contributed by atoms with Crippen LogP contribution in [0.25, 0.3) is 0 Å². The third kappa shape index (κ3) is 38.2. The minimum absolute atomic E-state index is 1.17. The van der Waals surface area contributed by atoms with Crippen molar-refractivity contribution in [2.45, 2.75) is 67.2 Å². The predicted molar refractivity (Wildman–Crippen MR) is 91.8 cm³/mol. The average Bonchev–Trinajstić information content (AvgIpc) is 2.52. The zero-order chi connectivity index (χ0) is 15.2. The van der Waals surface area contributed by atoms with Gasteiger partial charge in [-0.1, -0.05) is 90.8 Å². The van der Waals surface area contributed by atoms with Gasteiger partial charge in [0.05, 0.1) is 0 Å². The van der Waals surface area contributed by atoms with Gasteiger partial charge in [0.2, 0.25) is 0 Å². The number of hydrogen-bond acceptors (Lipinski definition) is 1. The van der Waals surface area contributed by atoms with E-state index < -0.39 is 0 Å². The van der Waals surface area contributed by atoms with E-state index in [1.54, 1.807) is 0 Å². The topological polar surface area (TPSA) is 12.0 Å². The number of nitrogens with one attached hydrogen (secondary N) is 1. The lowest BCUT2D eigenvalue weighted by Gasteiger charge is -1.95. The maximum Gasteiger partial charge on any atom is -0.00516 e. The Morgan fingerprint density at radius 1 is 0.526 bits per heavy atom. The molecule has 0 aliphatic rings. The fourth-order valence-corrected chi connectivity index (χ4v) is 0.863. The van der Waals surface area contributed by atoms with Crippen molar-refractivity contribution >= 4 is 0 Å². The molecule has 19 heavy (non-hydrogen) atoms. The molecule has 1 rings (SSSR count). The minimum atomic E-state index is 1.17. The lowest BCUT2D eigenvalue weighted by molar-refractivity contribution is 0.662. The van der Waals surface area contributed by atoms with E-state index in [2.05, 4.69) is 33.0 Å². The van der Waals surface area contributed by atoms with Crippen LogP contribution in [0.15, 0.2) is 36.4 Å². The van der Waals surface area contributed by atoms with Gasteiger partial charge in [0.25, 0.3) is 0 Å². The van der Waals surface area contributed by atoms with Gasteiger partial charge in [-0.05, 0) is 25.9 Å². The standard InChI is InChI=1S/C6H15N.C6H6.C4H10.C2H6/c1-3-5-7-6-4-2;1-2-4-6-5-3-1;1-3-4-2;1-2/h7H,3-6H2,1-2H3;1-6H;3-4H2,1-2H3;1-2H3. The van der Waals surface area contributed by atoms with Crippen LogP contribution in [0.5, 0.6) is 0 Å².